The third-order valence-corrected chi connectivity index (χ3v) is 4.85. The van der Waals surface area contributed by atoms with Gasteiger partial charge >= 0.3 is 12.1 Å². The SMILES string of the molecule is O=C(O)C1CCCC1CNS(=O)(=O)CCCC(F)(F)F. The van der Waals surface area contributed by atoms with Crippen LogP contribution in [0, 0.1) is 11.8 Å². The Kier molecular flexibility index (Phi) is 5.81. The molecule has 0 spiro atoms. The first-order valence-corrected chi connectivity index (χ1v) is 8.03. The monoisotopic (exact) mass is 317 g/mol. The Labute approximate surface area is 115 Å². The number of nitrogens with one attached hydrogen (secondary N) is 1. The van der Waals surface area contributed by atoms with Crippen molar-refractivity contribution in [1.82, 2.24) is 4.72 Å². The van der Waals surface area contributed by atoms with Crippen molar-refractivity contribution < 1.29 is 31.5 Å². The van der Waals surface area contributed by atoms with Crippen LogP contribution in [0.2, 0.25) is 0 Å². The number of sulfonamides is 1. The molecule has 1 aliphatic carbocycles. The zero-order chi connectivity index (χ0) is 15.4. The van der Waals surface area contributed by atoms with Crippen molar-refractivity contribution in [3.63, 3.8) is 0 Å². The second kappa shape index (κ2) is 6.75. The van der Waals surface area contributed by atoms with Crippen LogP contribution in [0.1, 0.15) is 32.1 Å². The Morgan fingerprint density at radius 1 is 1.30 bits per heavy atom. The van der Waals surface area contributed by atoms with Crippen molar-refractivity contribution in [2.45, 2.75) is 38.3 Å². The van der Waals surface area contributed by atoms with Gasteiger partial charge in [0.2, 0.25) is 10.0 Å². The molecule has 0 radical (unpaired) electrons. The molecular weight excluding hydrogens is 299 g/mol. The van der Waals surface area contributed by atoms with Crippen LogP contribution >= 0.6 is 0 Å². The number of aliphatic carboxylic acids is 1. The predicted molar refractivity (Wildman–Crippen MR) is 65.5 cm³/mol. The van der Waals surface area contributed by atoms with Crippen LogP contribution < -0.4 is 4.72 Å². The Morgan fingerprint density at radius 3 is 2.50 bits per heavy atom. The highest BCUT2D eigenvalue weighted by Crippen LogP contribution is 2.31. The number of rotatable bonds is 7. The van der Waals surface area contributed by atoms with Gasteiger partial charge in [0.25, 0.3) is 0 Å². The van der Waals surface area contributed by atoms with Gasteiger partial charge in [-0.1, -0.05) is 6.42 Å². The molecule has 0 aromatic rings. The first-order valence-electron chi connectivity index (χ1n) is 6.37. The Hall–Kier alpha value is -0.830. The quantitative estimate of drug-likeness (QED) is 0.749. The summed E-state index contributed by atoms with van der Waals surface area (Å²) in [7, 11) is -3.78. The van der Waals surface area contributed by atoms with Gasteiger partial charge in [-0.25, -0.2) is 13.1 Å². The van der Waals surface area contributed by atoms with Crippen LogP contribution in [-0.4, -0.2) is 38.0 Å². The van der Waals surface area contributed by atoms with Gasteiger partial charge in [0.1, 0.15) is 0 Å². The van der Waals surface area contributed by atoms with Crippen LogP contribution in [0.25, 0.3) is 0 Å². The van der Waals surface area contributed by atoms with E-state index in [9.17, 15) is 26.4 Å². The van der Waals surface area contributed by atoms with Crippen LogP contribution in [-0.2, 0) is 14.8 Å². The summed E-state index contributed by atoms with van der Waals surface area (Å²) in [5.41, 5.74) is 0. The third kappa shape index (κ3) is 6.08. The van der Waals surface area contributed by atoms with Crippen LogP contribution in [0.3, 0.4) is 0 Å². The second-order valence-electron chi connectivity index (χ2n) is 5.02. The summed E-state index contributed by atoms with van der Waals surface area (Å²) in [6.45, 7) is -0.0225. The first-order chi connectivity index (χ1) is 9.11. The fourth-order valence-electron chi connectivity index (χ4n) is 2.38. The van der Waals surface area contributed by atoms with Crippen molar-refractivity contribution in [1.29, 1.82) is 0 Å². The molecule has 0 heterocycles. The molecule has 2 atom stereocenters. The predicted octanol–water partition coefficient (Wildman–Crippen LogP) is 1.75. The van der Waals surface area contributed by atoms with Gasteiger partial charge < -0.3 is 5.11 Å². The molecule has 0 aromatic heterocycles. The number of carbonyl (C=O) groups is 1. The molecule has 0 aliphatic heterocycles. The maximum atomic E-state index is 11.9. The molecule has 5 nitrogen and oxygen atoms in total. The van der Waals surface area contributed by atoms with Gasteiger partial charge in [-0.05, 0) is 25.2 Å². The fourth-order valence-corrected chi connectivity index (χ4v) is 3.51. The fraction of sp³-hybridized carbons (Fsp3) is 0.909. The zero-order valence-electron chi connectivity index (χ0n) is 10.8. The van der Waals surface area contributed by atoms with Crippen molar-refractivity contribution in [2.75, 3.05) is 12.3 Å². The smallest absolute Gasteiger partial charge is 0.389 e. The van der Waals surface area contributed by atoms with Gasteiger partial charge in [-0.3, -0.25) is 4.79 Å². The van der Waals surface area contributed by atoms with Crippen LogP contribution in [0.4, 0.5) is 13.2 Å². The van der Waals surface area contributed by atoms with Gasteiger partial charge in [0.05, 0.1) is 11.7 Å². The molecule has 1 rings (SSSR count). The topological polar surface area (TPSA) is 83.5 Å². The number of carboxylic acids is 1. The van der Waals surface area contributed by atoms with Crippen molar-refractivity contribution in [3.8, 4) is 0 Å². The van der Waals surface area contributed by atoms with E-state index in [0.717, 1.165) is 6.42 Å². The summed E-state index contributed by atoms with van der Waals surface area (Å²) >= 11 is 0. The third-order valence-electron chi connectivity index (χ3n) is 3.42. The van der Waals surface area contributed by atoms with E-state index in [2.05, 4.69) is 4.72 Å². The van der Waals surface area contributed by atoms with Crippen molar-refractivity contribution in [2.24, 2.45) is 11.8 Å². The minimum absolute atomic E-state index is 0.0225. The van der Waals surface area contributed by atoms with Crippen LogP contribution in [0.15, 0.2) is 0 Å². The molecule has 0 saturated heterocycles. The Balaban J connectivity index is 2.38. The van der Waals surface area contributed by atoms with E-state index in [0.29, 0.717) is 12.8 Å². The summed E-state index contributed by atoms with van der Waals surface area (Å²) < 4.78 is 61.0. The largest absolute Gasteiger partial charge is 0.481 e. The normalized spacial score (nSPS) is 23.9. The number of hydrogen-bond donors (Lipinski definition) is 2. The maximum Gasteiger partial charge on any atom is 0.389 e. The minimum Gasteiger partial charge on any atom is -0.481 e. The van der Waals surface area contributed by atoms with E-state index in [4.69, 9.17) is 5.11 Å². The molecule has 118 valence electrons. The van der Waals surface area contributed by atoms with Gasteiger partial charge in [-0.2, -0.15) is 13.2 Å². The highest BCUT2D eigenvalue weighted by atomic mass is 32.2. The van der Waals surface area contributed by atoms with E-state index in [1.807, 2.05) is 0 Å². The number of alkyl halides is 3. The molecule has 2 unspecified atom stereocenters. The van der Waals surface area contributed by atoms with E-state index < -0.39 is 46.7 Å². The van der Waals surface area contributed by atoms with E-state index in [1.54, 1.807) is 0 Å². The molecule has 0 aromatic carbocycles. The van der Waals surface area contributed by atoms with E-state index in [1.165, 1.54) is 0 Å². The molecule has 0 amide bonds. The molecule has 2 N–H and O–H groups in total. The summed E-state index contributed by atoms with van der Waals surface area (Å²) in [4.78, 5) is 10.9. The number of halogens is 3. The lowest BCUT2D eigenvalue weighted by Crippen LogP contribution is -2.34. The molecule has 1 saturated carbocycles. The lowest BCUT2D eigenvalue weighted by Gasteiger charge is -2.16. The average molecular weight is 317 g/mol. The number of carboxylic acid groups (broad SMARTS) is 1. The molecule has 9 heteroatoms. The molecule has 1 aliphatic rings. The Bertz CT molecular complexity index is 435. The first kappa shape index (κ1) is 17.2. The molecule has 20 heavy (non-hydrogen) atoms. The van der Waals surface area contributed by atoms with Crippen molar-refractivity contribution in [3.05, 3.63) is 0 Å². The summed E-state index contributed by atoms with van der Waals surface area (Å²) in [5, 5.41) is 8.94. The number of hydrogen-bond acceptors (Lipinski definition) is 3. The average Bonchev–Trinajstić information content (AvgIpc) is 2.72. The maximum absolute atomic E-state index is 11.9. The molecular formula is C11H18F3NO4S. The van der Waals surface area contributed by atoms with Crippen molar-refractivity contribution >= 4 is 16.0 Å². The second-order valence-corrected chi connectivity index (χ2v) is 6.95. The summed E-state index contributed by atoms with van der Waals surface area (Å²) in [5.74, 6) is -2.42. The van der Waals surface area contributed by atoms with E-state index in [-0.39, 0.29) is 12.5 Å². The summed E-state index contributed by atoms with van der Waals surface area (Å²) in [6, 6.07) is 0. The summed E-state index contributed by atoms with van der Waals surface area (Å²) in [6.07, 6.45) is -4.16. The highest BCUT2D eigenvalue weighted by Gasteiger charge is 2.33. The molecule has 0 bridgehead atoms. The zero-order valence-corrected chi connectivity index (χ0v) is 11.6. The standard InChI is InChI=1S/C11H18F3NO4S/c12-11(13,14)5-2-6-20(18,19)15-7-8-3-1-4-9(8)10(16)17/h8-9,15H,1-7H2,(H,16,17). The lowest BCUT2D eigenvalue weighted by atomic mass is 9.97. The Morgan fingerprint density at radius 2 is 1.95 bits per heavy atom. The highest BCUT2D eigenvalue weighted by molar-refractivity contribution is 7.89. The van der Waals surface area contributed by atoms with Gasteiger partial charge in [0, 0.05) is 13.0 Å². The van der Waals surface area contributed by atoms with E-state index >= 15 is 0 Å². The molecule has 1 fully saturated rings. The lowest BCUT2D eigenvalue weighted by molar-refractivity contribution is -0.142. The van der Waals surface area contributed by atoms with Gasteiger partial charge in [-0.15, -0.1) is 0 Å². The minimum atomic E-state index is -4.37. The van der Waals surface area contributed by atoms with Gasteiger partial charge in [0.15, 0.2) is 0 Å². The van der Waals surface area contributed by atoms with Crippen LogP contribution in [0.5, 0.6) is 0 Å².